The van der Waals surface area contributed by atoms with Crippen LogP contribution < -0.4 is 0 Å². The molecule has 1 saturated heterocycles. The normalized spacial score (nSPS) is 16.6. The van der Waals surface area contributed by atoms with Crippen molar-refractivity contribution in [2.75, 3.05) is 13.1 Å². The molecule has 0 unspecified atom stereocenters. The Kier molecular flexibility index (Phi) is 9.98. The van der Waals surface area contributed by atoms with Gasteiger partial charge in [-0.25, -0.2) is 4.79 Å². The molecule has 9 heteroatoms. The molecule has 194 valence electrons. The van der Waals surface area contributed by atoms with E-state index in [1.807, 2.05) is 0 Å². The van der Waals surface area contributed by atoms with Crippen molar-refractivity contribution < 1.29 is 27.6 Å². The van der Waals surface area contributed by atoms with Crippen LogP contribution in [0.25, 0.3) is 11.4 Å². The number of nitrogens with zero attached hydrogens (tertiary/aromatic N) is 3. The number of hydrogen-bond donors (Lipinski definition) is 1. The van der Waals surface area contributed by atoms with Crippen LogP contribution in [0, 0.1) is 0 Å². The first-order chi connectivity index (χ1) is 16.8. The van der Waals surface area contributed by atoms with Crippen LogP contribution in [-0.2, 0) is 12.6 Å². The number of hydrogen-bond acceptors (Lipinski definition) is 4. The maximum Gasteiger partial charge on any atom is 0.416 e. The molecular weight excluding hydrogens is 459 g/mol. The lowest BCUT2D eigenvalue weighted by atomic mass is 9.97. The van der Waals surface area contributed by atoms with E-state index in [1.54, 1.807) is 6.07 Å². The second kappa shape index (κ2) is 12.9. The van der Waals surface area contributed by atoms with E-state index in [-0.39, 0.29) is 35.3 Å². The molecule has 1 N–H and O–H groups in total. The number of benzene rings is 1. The fourth-order valence-electron chi connectivity index (χ4n) is 4.69. The smallest absolute Gasteiger partial charge is 0.416 e. The third-order valence-electron chi connectivity index (χ3n) is 6.71. The maximum atomic E-state index is 13.8. The Labute approximate surface area is 204 Å². The fraction of sp³-hybridized carbons (Fsp3) is 0.654. The van der Waals surface area contributed by atoms with E-state index in [0.29, 0.717) is 25.8 Å². The summed E-state index contributed by atoms with van der Waals surface area (Å²) in [6.07, 6.45) is 6.31. The zero-order valence-corrected chi connectivity index (χ0v) is 20.4. The highest BCUT2D eigenvalue weighted by molar-refractivity contribution is 5.65. The summed E-state index contributed by atoms with van der Waals surface area (Å²) in [6.45, 7) is 2.87. The number of unbranched alkanes of at least 4 members (excludes halogenated alkanes) is 8. The summed E-state index contributed by atoms with van der Waals surface area (Å²) >= 11 is 0. The van der Waals surface area contributed by atoms with Gasteiger partial charge in [-0.3, -0.25) is 0 Å². The number of rotatable bonds is 12. The van der Waals surface area contributed by atoms with Crippen molar-refractivity contribution in [2.45, 2.75) is 96.1 Å². The first-order valence-corrected chi connectivity index (χ1v) is 12.8. The topological polar surface area (TPSA) is 79.5 Å². The van der Waals surface area contributed by atoms with E-state index in [9.17, 15) is 23.1 Å². The van der Waals surface area contributed by atoms with Gasteiger partial charge in [-0.05, 0) is 37.3 Å². The number of carbonyl (C=O) groups is 1. The molecule has 0 radical (unpaired) electrons. The summed E-state index contributed by atoms with van der Waals surface area (Å²) in [6, 6.07) is 4.23. The Morgan fingerprint density at radius 3 is 2.46 bits per heavy atom. The maximum absolute atomic E-state index is 13.8. The highest BCUT2D eigenvalue weighted by atomic mass is 19.4. The predicted octanol–water partition coefficient (Wildman–Crippen LogP) is 7.69. The Morgan fingerprint density at radius 1 is 1.11 bits per heavy atom. The molecule has 1 atom stereocenters. The number of likely N-dealkylation sites (tertiary alicyclic amines) is 1. The van der Waals surface area contributed by atoms with Crippen LogP contribution in [0.5, 0.6) is 0 Å². The molecule has 1 aromatic heterocycles. The number of aryl methyl sites for hydroxylation is 1. The van der Waals surface area contributed by atoms with Crippen LogP contribution in [0.1, 0.15) is 100 Å². The minimum atomic E-state index is -4.47. The molecule has 6 nitrogen and oxygen atoms in total. The zero-order valence-electron chi connectivity index (χ0n) is 20.4. The van der Waals surface area contributed by atoms with Crippen LogP contribution in [0.3, 0.4) is 0 Å². The molecule has 1 amide bonds. The van der Waals surface area contributed by atoms with Gasteiger partial charge in [0.15, 0.2) is 0 Å². The van der Waals surface area contributed by atoms with Crippen molar-refractivity contribution in [1.29, 1.82) is 0 Å². The minimum absolute atomic E-state index is 0.0903. The third kappa shape index (κ3) is 7.97. The molecule has 0 bridgehead atoms. The van der Waals surface area contributed by atoms with Crippen LogP contribution in [0.15, 0.2) is 22.7 Å². The number of alkyl halides is 3. The summed E-state index contributed by atoms with van der Waals surface area (Å²) in [5.74, 6) is 0.0972. The molecule has 0 saturated carbocycles. The van der Waals surface area contributed by atoms with Gasteiger partial charge >= 0.3 is 12.3 Å². The number of halogens is 3. The molecule has 2 heterocycles. The Bertz CT molecular complexity index is 945. The lowest BCUT2D eigenvalue weighted by molar-refractivity contribution is -0.138. The third-order valence-corrected chi connectivity index (χ3v) is 6.71. The Hall–Kier alpha value is -2.58. The molecule has 1 aliphatic rings. The molecule has 1 aromatic carbocycles. The van der Waals surface area contributed by atoms with E-state index in [2.05, 4.69) is 17.1 Å². The SMILES string of the molecule is CCCCCCCCCCCc1ccc(-c2noc([C@@H]3CCCN(C(=O)O)C3)n2)cc1C(F)(F)F. The molecule has 1 aliphatic heterocycles. The highest BCUT2D eigenvalue weighted by Gasteiger charge is 2.34. The molecule has 0 aliphatic carbocycles. The molecule has 0 spiro atoms. The Balaban J connectivity index is 1.60. The van der Waals surface area contributed by atoms with E-state index in [1.165, 1.54) is 43.1 Å². The van der Waals surface area contributed by atoms with Crippen LogP contribution in [0.2, 0.25) is 0 Å². The summed E-state index contributed by atoms with van der Waals surface area (Å²) in [4.78, 5) is 16.9. The first kappa shape index (κ1) is 27.0. The predicted molar refractivity (Wildman–Crippen MR) is 127 cm³/mol. The van der Waals surface area contributed by atoms with E-state index in [4.69, 9.17) is 4.52 Å². The minimum Gasteiger partial charge on any atom is -0.465 e. The number of carboxylic acid groups (broad SMARTS) is 1. The monoisotopic (exact) mass is 495 g/mol. The van der Waals surface area contributed by atoms with Gasteiger partial charge in [0, 0.05) is 18.7 Å². The molecule has 3 rings (SSSR count). The highest BCUT2D eigenvalue weighted by Crippen LogP contribution is 2.36. The van der Waals surface area contributed by atoms with Crippen molar-refractivity contribution in [2.24, 2.45) is 0 Å². The van der Waals surface area contributed by atoms with Gasteiger partial charge in [0.2, 0.25) is 11.7 Å². The molecular formula is C26H36F3N3O3. The number of aromatic nitrogens is 2. The zero-order chi connectivity index (χ0) is 25.3. The average molecular weight is 496 g/mol. The van der Waals surface area contributed by atoms with Crippen molar-refractivity contribution >= 4 is 6.09 Å². The standard InChI is InChI=1S/C26H36F3N3O3/c1-2-3-4-5-6-7-8-9-10-12-19-14-15-20(17-22(19)26(27,28)29)23-30-24(35-31-23)21-13-11-16-32(18-21)25(33)34/h14-15,17,21H,2-13,16,18H2,1H3,(H,33,34)/t21-/m1/s1. The van der Waals surface area contributed by atoms with Crippen LogP contribution >= 0.6 is 0 Å². The second-order valence-corrected chi connectivity index (χ2v) is 9.47. The largest absolute Gasteiger partial charge is 0.465 e. The number of amides is 1. The fourth-order valence-corrected chi connectivity index (χ4v) is 4.69. The Morgan fingerprint density at radius 2 is 1.80 bits per heavy atom. The van der Waals surface area contributed by atoms with Gasteiger partial charge < -0.3 is 14.5 Å². The average Bonchev–Trinajstić information content (AvgIpc) is 3.33. The lowest BCUT2D eigenvalue weighted by Crippen LogP contribution is -2.38. The van der Waals surface area contributed by atoms with Crippen molar-refractivity contribution in [3.05, 3.63) is 35.2 Å². The van der Waals surface area contributed by atoms with Gasteiger partial charge in [-0.15, -0.1) is 0 Å². The summed E-state index contributed by atoms with van der Waals surface area (Å²) in [7, 11) is 0. The van der Waals surface area contributed by atoms with E-state index in [0.717, 1.165) is 31.7 Å². The quantitative estimate of drug-likeness (QED) is 0.305. The van der Waals surface area contributed by atoms with E-state index >= 15 is 0 Å². The summed E-state index contributed by atoms with van der Waals surface area (Å²) in [5.41, 5.74) is -0.123. The van der Waals surface area contributed by atoms with Gasteiger partial charge in [0.1, 0.15) is 0 Å². The number of piperidine rings is 1. The van der Waals surface area contributed by atoms with Crippen molar-refractivity contribution in [3.8, 4) is 11.4 Å². The molecule has 35 heavy (non-hydrogen) atoms. The lowest BCUT2D eigenvalue weighted by Gasteiger charge is -2.28. The first-order valence-electron chi connectivity index (χ1n) is 12.8. The van der Waals surface area contributed by atoms with Gasteiger partial charge in [-0.1, -0.05) is 75.6 Å². The van der Waals surface area contributed by atoms with E-state index < -0.39 is 17.8 Å². The van der Waals surface area contributed by atoms with Gasteiger partial charge in [0.05, 0.1) is 11.5 Å². The van der Waals surface area contributed by atoms with Crippen LogP contribution in [-0.4, -0.2) is 39.3 Å². The summed E-state index contributed by atoms with van der Waals surface area (Å²) < 4.78 is 46.7. The van der Waals surface area contributed by atoms with Crippen molar-refractivity contribution in [3.63, 3.8) is 0 Å². The summed E-state index contributed by atoms with van der Waals surface area (Å²) in [5, 5.41) is 13.1. The molecule has 1 fully saturated rings. The van der Waals surface area contributed by atoms with Gasteiger partial charge in [-0.2, -0.15) is 18.2 Å². The second-order valence-electron chi connectivity index (χ2n) is 9.47. The van der Waals surface area contributed by atoms with Crippen LogP contribution in [0.4, 0.5) is 18.0 Å². The van der Waals surface area contributed by atoms with Gasteiger partial charge in [0.25, 0.3) is 0 Å². The van der Waals surface area contributed by atoms with Crippen molar-refractivity contribution in [1.82, 2.24) is 15.0 Å². The molecule has 2 aromatic rings.